The minimum Gasteiger partial charge on any atom is -0.463 e. The summed E-state index contributed by atoms with van der Waals surface area (Å²) in [4.78, 5) is 35.7. The molecule has 0 aliphatic heterocycles. The molecule has 2 amide bonds. The van der Waals surface area contributed by atoms with Gasteiger partial charge in [0.1, 0.15) is 6.61 Å². The molecule has 2 aromatic carbocycles. The van der Waals surface area contributed by atoms with Crippen LogP contribution in [0.15, 0.2) is 48.5 Å². The molecule has 3 N–H and O–H groups in total. The molecule has 0 aliphatic rings. The van der Waals surface area contributed by atoms with E-state index >= 15 is 0 Å². The molecule has 2 rings (SSSR count). The van der Waals surface area contributed by atoms with Gasteiger partial charge < -0.3 is 25.4 Å². The molecule has 0 aromatic heterocycles. The molecule has 0 fully saturated rings. The highest BCUT2D eigenvalue weighted by Gasteiger charge is 2.11. The van der Waals surface area contributed by atoms with Crippen molar-refractivity contribution in [3.63, 3.8) is 0 Å². The lowest BCUT2D eigenvalue weighted by Crippen LogP contribution is -2.34. The average Bonchev–Trinajstić information content (AvgIpc) is 2.74. The van der Waals surface area contributed by atoms with E-state index in [1.165, 1.54) is 7.11 Å². The van der Waals surface area contributed by atoms with Crippen LogP contribution in [0.2, 0.25) is 0 Å². The number of anilines is 2. The number of thiocarbonyl (C=S) groups is 1. The quantitative estimate of drug-likeness (QED) is 0.311. The number of aryl methyl sites for hydroxylation is 1. The topological polar surface area (TPSA) is 106 Å². The van der Waals surface area contributed by atoms with Crippen LogP contribution in [-0.2, 0) is 19.1 Å². The molecule has 0 saturated heterocycles. The zero-order valence-corrected chi connectivity index (χ0v) is 18.2. The maximum Gasteiger partial charge on any atom is 0.306 e. The van der Waals surface area contributed by atoms with Crippen LogP contribution in [0.4, 0.5) is 11.4 Å². The third-order valence-corrected chi connectivity index (χ3v) is 4.35. The normalized spacial score (nSPS) is 10.1. The predicted molar refractivity (Wildman–Crippen MR) is 122 cm³/mol. The molecule has 164 valence electrons. The molecule has 9 heteroatoms. The molecule has 0 heterocycles. The fraction of sp³-hybridized carbons (Fsp3) is 0.273. The van der Waals surface area contributed by atoms with Gasteiger partial charge in [-0.2, -0.15) is 0 Å². The Morgan fingerprint density at radius 2 is 1.55 bits per heavy atom. The van der Waals surface area contributed by atoms with Gasteiger partial charge >= 0.3 is 5.97 Å². The van der Waals surface area contributed by atoms with Crippen LogP contribution >= 0.6 is 12.2 Å². The van der Waals surface area contributed by atoms with Gasteiger partial charge in [0.2, 0.25) is 5.91 Å². The van der Waals surface area contributed by atoms with Crippen molar-refractivity contribution in [1.82, 2.24) is 5.32 Å². The number of benzene rings is 2. The van der Waals surface area contributed by atoms with Crippen LogP contribution in [0, 0.1) is 6.92 Å². The van der Waals surface area contributed by atoms with E-state index in [0.29, 0.717) is 23.5 Å². The number of esters is 1. The zero-order valence-electron chi connectivity index (χ0n) is 17.4. The summed E-state index contributed by atoms with van der Waals surface area (Å²) in [5.41, 5.74) is 2.76. The number of carbonyl (C=O) groups excluding carboxylic acids is 3. The molecule has 0 bridgehead atoms. The molecule has 31 heavy (non-hydrogen) atoms. The molecule has 0 spiro atoms. The van der Waals surface area contributed by atoms with Crippen molar-refractivity contribution in [3.8, 4) is 0 Å². The highest BCUT2D eigenvalue weighted by atomic mass is 32.1. The van der Waals surface area contributed by atoms with Crippen LogP contribution in [0.3, 0.4) is 0 Å². The largest absolute Gasteiger partial charge is 0.463 e. The predicted octanol–water partition coefficient (Wildman–Crippen LogP) is 3.03. The van der Waals surface area contributed by atoms with Crippen molar-refractivity contribution in [2.45, 2.75) is 19.8 Å². The Kier molecular flexibility index (Phi) is 9.60. The van der Waals surface area contributed by atoms with Crippen molar-refractivity contribution >= 4 is 46.5 Å². The van der Waals surface area contributed by atoms with Gasteiger partial charge in [-0.1, -0.05) is 18.2 Å². The van der Waals surface area contributed by atoms with Crippen molar-refractivity contribution in [1.29, 1.82) is 0 Å². The average molecular weight is 444 g/mol. The Bertz CT molecular complexity index is 931. The van der Waals surface area contributed by atoms with E-state index in [1.54, 1.807) is 30.3 Å². The maximum atomic E-state index is 12.4. The van der Waals surface area contributed by atoms with E-state index in [1.807, 2.05) is 25.1 Å². The van der Waals surface area contributed by atoms with Crippen LogP contribution in [0.25, 0.3) is 0 Å². The molecule has 0 aliphatic carbocycles. The molecule has 2 aromatic rings. The fourth-order valence-corrected chi connectivity index (χ4v) is 2.77. The zero-order chi connectivity index (χ0) is 22.6. The van der Waals surface area contributed by atoms with Crippen LogP contribution in [-0.4, -0.2) is 43.2 Å². The van der Waals surface area contributed by atoms with Crippen molar-refractivity contribution in [3.05, 3.63) is 59.7 Å². The lowest BCUT2D eigenvalue weighted by Gasteiger charge is -2.11. The summed E-state index contributed by atoms with van der Waals surface area (Å²) in [6.07, 6.45) is -0.0923. The summed E-state index contributed by atoms with van der Waals surface area (Å²) in [7, 11) is 1.50. The summed E-state index contributed by atoms with van der Waals surface area (Å²) >= 11 is 5.11. The van der Waals surface area contributed by atoms with E-state index in [4.69, 9.17) is 21.7 Å². The lowest BCUT2D eigenvalue weighted by molar-refractivity contribution is -0.146. The van der Waals surface area contributed by atoms with Gasteiger partial charge in [-0.3, -0.25) is 14.4 Å². The van der Waals surface area contributed by atoms with Crippen molar-refractivity contribution in [2.24, 2.45) is 0 Å². The summed E-state index contributed by atoms with van der Waals surface area (Å²) < 4.78 is 9.66. The first kappa shape index (κ1) is 24.0. The summed E-state index contributed by atoms with van der Waals surface area (Å²) in [6.45, 7) is 2.33. The molecule has 0 unspecified atom stereocenters. The van der Waals surface area contributed by atoms with E-state index in [0.717, 1.165) is 5.56 Å². The second-order valence-corrected chi connectivity index (χ2v) is 6.97. The van der Waals surface area contributed by atoms with Crippen molar-refractivity contribution < 1.29 is 23.9 Å². The Labute approximate surface area is 186 Å². The lowest BCUT2D eigenvalue weighted by atomic mass is 10.1. The van der Waals surface area contributed by atoms with Gasteiger partial charge in [0.05, 0.1) is 13.0 Å². The number of methoxy groups -OCH3 is 1. The molecule has 0 atom stereocenters. The first-order chi connectivity index (χ1) is 14.9. The number of ether oxygens (including phenoxy) is 2. The number of carbonyl (C=O) groups is 3. The van der Waals surface area contributed by atoms with Crippen LogP contribution < -0.4 is 16.0 Å². The Hall–Kier alpha value is -3.30. The van der Waals surface area contributed by atoms with Gasteiger partial charge in [-0.25, -0.2) is 0 Å². The Morgan fingerprint density at radius 1 is 0.903 bits per heavy atom. The minimum atomic E-state index is -0.477. The van der Waals surface area contributed by atoms with Crippen molar-refractivity contribution in [2.75, 3.05) is 31.0 Å². The van der Waals surface area contributed by atoms with E-state index in [2.05, 4.69) is 16.0 Å². The Morgan fingerprint density at radius 3 is 2.19 bits per heavy atom. The van der Waals surface area contributed by atoms with Crippen LogP contribution in [0.5, 0.6) is 0 Å². The maximum absolute atomic E-state index is 12.4. The van der Waals surface area contributed by atoms with Crippen LogP contribution in [0.1, 0.15) is 28.8 Å². The second-order valence-electron chi connectivity index (χ2n) is 6.56. The van der Waals surface area contributed by atoms with E-state index in [-0.39, 0.29) is 30.5 Å². The first-order valence-corrected chi connectivity index (χ1v) is 10.0. The summed E-state index contributed by atoms with van der Waals surface area (Å²) in [5.74, 6) is -1.07. The SMILES string of the molecule is COCCOC(=O)CCC(=O)NC(=S)Nc1ccc(NC(=O)c2ccccc2C)cc1. The number of amides is 2. The number of rotatable bonds is 9. The van der Waals surface area contributed by atoms with Gasteiger partial charge in [0.25, 0.3) is 5.91 Å². The first-order valence-electron chi connectivity index (χ1n) is 9.61. The third kappa shape index (κ3) is 8.53. The molecular weight excluding hydrogens is 418 g/mol. The smallest absolute Gasteiger partial charge is 0.306 e. The van der Waals surface area contributed by atoms with E-state index in [9.17, 15) is 14.4 Å². The highest BCUT2D eigenvalue weighted by Crippen LogP contribution is 2.16. The third-order valence-electron chi connectivity index (χ3n) is 4.15. The molecule has 0 saturated carbocycles. The van der Waals surface area contributed by atoms with Gasteiger partial charge in [0.15, 0.2) is 5.11 Å². The van der Waals surface area contributed by atoms with Gasteiger partial charge in [0, 0.05) is 30.5 Å². The second kappa shape index (κ2) is 12.4. The number of hydrogen-bond donors (Lipinski definition) is 3. The summed E-state index contributed by atoms with van der Waals surface area (Å²) in [6, 6.07) is 14.2. The fourth-order valence-electron chi connectivity index (χ4n) is 2.54. The standard InChI is InChI=1S/C22H25N3O5S/c1-15-5-3-4-6-18(15)21(28)23-16-7-9-17(10-8-16)24-22(31)25-19(26)11-12-20(27)30-14-13-29-2/h3-10H,11-14H2,1-2H3,(H,23,28)(H2,24,25,26,31). The monoisotopic (exact) mass is 443 g/mol. The minimum absolute atomic E-state index is 0.0441. The molecule has 8 nitrogen and oxygen atoms in total. The number of hydrogen-bond acceptors (Lipinski definition) is 6. The number of nitrogens with one attached hydrogen (secondary N) is 3. The Balaban J connectivity index is 1.77. The molecule has 0 radical (unpaired) electrons. The van der Waals surface area contributed by atoms with Gasteiger partial charge in [-0.05, 0) is 55.0 Å². The molecular formula is C22H25N3O5S. The summed E-state index contributed by atoms with van der Waals surface area (Å²) in [5, 5.41) is 8.32. The van der Waals surface area contributed by atoms with Gasteiger partial charge in [-0.15, -0.1) is 0 Å². The highest BCUT2D eigenvalue weighted by molar-refractivity contribution is 7.80. The van der Waals surface area contributed by atoms with E-state index < -0.39 is 11.9 Å².